The number of nitrogens with zero attached hydrogens (tertiary/aromatic N) is 2. The fourth-order valence-electron chi connectivity index (χ4n) is 3.53. The van der Waals surface area contributed by atoms with Crippen molar-refractivity contribution in [1.29, 1.82) is 0 Å². The van der Waals surface area contributed by atoms with Gasteiger partial charge >= 0.3 is 0 Å². The molecule has 3 unspecified atom stereocenters. The number of rotatable bonds is 4. The highest BCUT2D eigenvalue weighted by molar-refractivity contribution is 5.84. The van der Waals surface area contributed by atoms with Crippen LogP contribution in [0.5, 0.6) is 0 Å². The van der Waals surface area contributed by atoms with E-state index < -0.39 is 0 Å². The highest BCUT2D eigenvalue weighted by Gasteiger charge is 2.36. The van der Waals surface area contributed by atoms with Gasteiger partial charge in [0.25, 0.3) is 0 Å². The summed E-state index contributed by atoms with van der Waals surface area (Å²) in [4.78, 5) is 31.1. The summed E-state index contributed by atoms with van der Waals surface area (Å²) in [5.41, 5.74) is 7.36. The fourth-order valence-corrected chi connectivity index (χ4v) is 3.53. The summed E-state index contributed by atoms with van der Waals surface area (Å²) >= 11 is 0. The molecule has 2 fully saturated rings. The van der Waals surface area contributed by atoms with Gasteiger partial charge in [-0.2, -0.15) is 0 Å². The van der Waals surface area contributed by atoms with Gasteiger partial charge in [0.2, 0.25) is 11.8 Å². The summed E-state index contributed by atoms with van der Waals surface area (Å²) < 4.78 is 0. The average Bonchev–Trinajstić information content (AvgIpc) is 3.11. The van der Waals surface area contributed by atoms with Crippen molar-refractivity contribution in [2.45, 2.75) is 51.2 Å². The Balaban J connectivity index is 1.57. The molecular weight excluding hydrogens is 318 g/mol. The molecule has 136 valence electrons. The van der Waals surface area contributed by atoms with E-state index in [4.69, 9.17) is 0 Å². The largest absolute Gasteiger partial charge is 0.354 e. The molecule has 2 aliphatic heterocycles. The lowest BCUT2D eigenvalue weighted by atomic mass is 9.95. The Bertz CT molecular complexity index is 607. The van der Waals surface area contributed by atoms with Crippen LogP contribution in [-0.4, -0.2) is 46.9 Å². The minimum absolute atomic E-state index is 0.0539. The maximum absolute atomic E-state index is 12.8. The van der Waals surface area contributed by atoms with Crippen LogP contribution in [0, 0.1) is 5.92 Å². The molecule has 25 heavy (non-hydrogen) atoms. The number of piperidine rings is 1. The molecule has 1 aromatic rings. The number of hydrogen-bond donors (Lipinski definition) is 3. The lowest BCUT2D eigenvalue weighted by Gasteiger charge is -2.33. The van der Waals surface area contributed by atoms with Gasteiger partial charge < -0.3 is 10.2 Å². The van der Waals surface area contributed by atoms with Crippen molar-refractivity contribution >= 4 is 11.8 Å². The topological polar surface area (TPSA) is 86.4 Å². The first-order valence-corrected chi connectivity index (χ1v) is 9.04. The Morgan fingerprint density at radius 2 is 2.20 bits per heavy atom. The molecular formula is C18H27N5O2. The number of pyridine rings is 1. The number of hydrazine groups is 1. The summed E-state index contributed by atoms with van der Waals surface area (Å²) in [5, 5.41) is 2.96. The average molecular weight is 345 g/mol. The lowest BCUT2D eigenvalue weighted by Crippen LogP contribution is -2.51. The van der Waals surface area contributed by atoms with Crippen LogP contribution in [0.1, 0.15) is 44.7 Å². The molecule has 0 spiro atoms. The minimum atomic E-state index is -0.267. The summed E-state index contributed by atoms with van der Waals surface area (Å²) in [5.74, 6) is 0.0164. The number of nitrogens with one attached hydrogen (secondary N) is 3. The summed E-state index contributed by atoms with van der Waals surface area (Å²) in [6.45, 7) is 5.14. The van der Waals surface area contributed by atoms with E-state index in [1.807, 2.05) is 37.1 Å². The molecule has 3 N–H and O–H groups in total. The van der Waals surface area contributed by atoms with E-state index >= 15 is 0 Å². The summed E-state index contributed by atoms with van der Waals surface area (Å²) in [6, 6.07) is 3.84. The van der Waals surface area contributed by atoms with Crippen molar-refractivity contribution in [2.75, 3.05) is 13.1 Å². The Morgan fingerprint density at radius 1 is 1.36 bits per heavy atom. The van der Waals surface area contributed by atoms with Crippen LogP contribution in [-0.2, 0) is 9.59 Å². The maximum atomic E-state index is 12.8. The molecule has 0 bridgehead atoms. The van der Waals surface area contributed by atoms with Crippen LogP contribution >= 0.6 is 0 Å². The monoisotopic (exact) mass is 345 g/mol. The third-order valence-corrected chi connectivity index (χ3v) is 4.82. The van der Waals surface area contributed by atoms with Crippen molar-refractivity contribution in [3.05, 3.63) is 30.1 Å². The van der Waals surface area contributed by atoms with E-state index in [9.17, 15) is 9.59 Å². The van der Waals surface area contributed by atoms with Gasteiger partial charge in [0.15, 0.2) is 0 Å². The van der Waals surface area contributed by atoms with Crippen LogP contribution < -0.4 is 16.2 Å². The van der Waals surface area contributed by atoms with E-state index in [-0.39, 0.29) is 35.9 Å². The molecule has 3 rings (SSSR count). The van der Waals surface area contributed by atoms with E-state index in [2.05, 4.69) is 21.2 Å². The zero-order chi connectivity index (χ0) is 17.8. The van der Waals surface area contributed by atoms with E-state index in [0.29, 0.717) is 13.0 Å². The van der Waals surface area contributed by atoms with Crippen molar-refractivity contribution in [3.8, 4) is 0 Å². The van der Waals surface area contributed by atoms with Gasteiger partial charge in [0.05, 0.1) is 5.92 Å². The van der Waals surface area contributed by atoms with Gasteiger partial charge in [0, 0.05) is 37.6 Å². The molecule has 0 aliphatic carbocycles. The zero-order valence-corrected chi connectivity index (χ0v) is 14.9. The molecule has 3 heterocycles. The molecule has 2 amide bonds. The van der Waals surface area contributed by atoms with E-state index in [0.717, 1.165) is 24.9 Å². The molecule has 7 heteroatoms. The first-order valence-electron chi connectivity index (χ1n) is 9.04. The predicted octanol–water partition coefficient (Wildman–Crippen LogP) is 0.752. The number of amides is 2. The summed E-state index contributed by atoms with van der Waals surface area (Å²) in [7, 11) is 0. The first-order chi connectivity index (χ1) is 12.0. The second-order valence-electron chi connectivity index (χ2n) is 7.20. The molecule has 0 radical (unpaired) electrons. The normalized spacial score (nSPS) is 26.7. The van der Waals surface area contributed by atoms with Crippen LogP contribution in [0.15, 0.2) is 24.5 Å². The van der Waals surface area contributed by atoms with Crippen LogP contribution in [0.25, 0.3) is 0 Å². The number of likely N-dealkylation sites (tertiary alicyclic amines) is 1. The maximum Gasteiger partial charge on any atom is 0.241 e. The third-order valence-electron chi connectivity index (χ3n) is 4.82. The van der Waals surface area contributed by atoms with Gasteiger partial charge in [-0.15, -0.1) is 0 Å². The molecule has 2 saturated heterocycles. The Labute approximate surface area is 148 Å². The molecule has 1 aromatic heterocycles. The number of aromatic nitrogens is 1. The molecule has 0 saturated carbocycles. The van der Waals surface area contributed by atoms with E-state index in [1.165, 1.54) is 0 Å². The van der Waals surface area contributed by atoms with Crippen LogP contribution in [0.4, 0.5) is 0 Å². The van der Waals surface area contributed by atoms with Crippen LogP contribution in [0.3, 0.4) is 0 Å². The summed E-state index contributed by atoms with van der Waals surface area (Å²) in [6.07, 6.45) is 5.96. The smallest absolute Gasteiger partial charge is 0.241 e. The van der Waals surface area contributed by atoms with Crippen LogP contribution in [0.2, 0.25) is 0 Å². The molecule has 7 nitrogen and oxygen atoms in total. The second-order valence-corrected chi connectivity index (χ2v) is 7.20. The molecule has 0 aromatic carbocycles. The number of carbonyl (C=O) groups excluding carboxylic acids is 2. The third kappa shape index (κ3) is 4.35. The first kappa shape index (κ1) is 17.8. The highest BCUT2D eigenvalue weighted by Crippen LogP contribution is 2.24. The lowest BCUT2D eigenvalue weighted by molar-refractivity contribution is -0.137. The fraction of sp³-hybridized carbons (Fsp3) is 0.611. The van der Waals surface area contributed by atoms with Gasteiger partial charge in [0.1, 0.15) is 6.04 Å². The second kappa shape index (κ2) is 7.93. The van der Waals surface area contributed by atoms with Gasteiger partial charge in [-0.3, -0.25) is 14.6 Å². The minimum Gasteiger partial charge on any atom is -0.354 e. The Morgan fingerprint density at radius 3 is 2.92 bits per heavy atom. The Kier molecular flexibility index (Phi) is 5.65. The molecule has 3 atom stereocenters. The van der Waals surface area contributed by atoms with E-state index in [1.54, 1.807) is 6.20 Å². The highest BCUT2D eigenvalue weighted by atomic mass is 16.2. The number of carbonyl (C=O) groups is 2. The SMILES string of the molecule is CC(C)NC(=O)C1CCCN(C(=O)C2CC(c3cccnc3)NN2)C1. The zero-order valence-electron chi connectivity index (χ0n) is 14.9. The van der Waals surface area contributed by atoms with Crippen molar-refractivity contribution < 1.29 is 9.59 Å². The quantitative estimate of drug-likeness (QED) is 0.750. The number of hydrogen-bond acceptors (Lipinski definition) is 5. The Hall–Kier alpha value is -1.99. The van der Waals surface area contributed by atoms with Crippen molar-refractivity contribution in [1.82, 2.24) is 26.1 Å². The predicted molar refractivity (Wildman–Crippen MR) is 94.2 cm³/mol. The van der Waals surface area contributed by atoms with Gasteiger partial charge in [-0.05, 0) is 44.7 Å². The van der Waals surface area contributed by atoms with Crippen molar-refractivity contribution in [2.24, 2.45) is 5.92 Å². The molecule has 2 aliphatic rings. The van der Waals surface area contributed by atoms with Gasteiger partial charge in [-0.1, -0.05) is 6.07 Å². The van der Waals surface area contributed by atoms with Crippen molar-refractivity contribution in [3.63, 3.8) is 0 Å². The van der Waals surface area contributed by atoms with Gasteiger partial charge in [-0.25, -0.2) is 10.9 Å². The standard InChI is InChI=1S/C18H27N5O2/c1-12(2)20-17(24)14-6-4-8-23(11-14)18(25)16-9-15(21-22-16)13-5-3-7-19-10-13/h3,5,7,10,12,14-16,21-22H,4,6,8-9,11H2,1-2H3,(H,20,24).